The Morgan fingerprint density at radius 3 is 1.74 bits per heavy atom. The SMILES string of the molecule is CNc1cccc(COc2c(Br)cc(CCC(=O)O)cc2Br)c1.Nc1cccc(COc2c(Br)cc(C(=O)O)cc2Br)c1. The lowest BCUT2D eigenvalue weighted by atomic mass is 10.1. The number of nitrogens with two attached hydrogens (primary N) is 1. The third-order valence-corrected chi connectivity index (χ3v) is 8.22. The highest BCUT2D eigenvalue weighted by Crippen LogP contribution is 2.36. The Bertz CT molecular complexity index is 1550. The van der Waals surface area contributed by atoms with Crippen LogP contribution in [-0.4, -0.2) is 29.2 Å². The third-order valence-electron chi connectivity index (χ3n) is 5.86. The molecule has 0 saturated carbocycles. The van der Waals surface area contributed by atoms with Gasteiger partial charge in [0.1, 0.15) is 24.7 Å². The maximum atomic E-state index is 10.9. The van der Waals surface area contributed by atoms with Gasteiger partial charge in [0.25, 0.3) is 0 Å². The first-order valence-electron chi connectivity index (χ1n) is 12.8. The van der Waals surface area contributed by atoms with Crippen LogP contribution in [0.4, 0.5) is 11.4 Å². The number of aryl methyl sites for hydroxylation is 1. The van der Waals surface area contributed by atoms with Crippen molar-refractivity contribution in [1.82, 2.24) is 0 Å². The Balaban J connectivity index is 0.000000238. The molecule has 12 heteroatoms. The number of rotatable bonds is 11. The molecule has 0 aliphatic rings. The third kappa shape index (κ3) is 10.9. The molecule has 0 amide bonds. The molecule has 8 nitrogen and oxygen atoms in total. The monoisotopic (exact) mass is 840 g/mol. The molecule has 0 aliphatic carbocycles. The number of halogens is 4. The number of anilines is 2. The fourth-order valence-electron chi connectivity index (χ4n) is 3.78. The summed E-state index contributed by atoms with van der Waals surface area (Å²) in [6.45, 7) is 0.788. The van der Waals surface area contributed by atoms with Crippen molar-refractivity contribution in [2.45, 2.75) is 26.1 Å². The van der Waals surface area contributed by atoms with Crippen LogP contribution in [0.15, 0.2) is 90.7 Å². The lowest BCUT2D eigenvalue weighted by Gasteiger charge is -2.13. The zero-order valence-electron chi connectivity index (χ0n) is 22.9. The van der Waals surface area contributed by atoms with Gasteiger partial charge in [0.05, 0.1) is 23.5 Å². The molecule has 0 saturated heterocycles. The Labute approximate surface area is 283 Å². The molecular formula is C31H28Br4N2O6. The highest BCUT2D eigenvalue weighted by Gasteiger charge is 2.13. The molecule has 43 heavy (non-hydrogen) atoms. The number of ether oxygens (including phenoxy) is 2. The summed E-state index contributed by atoms with van der Waals surface area (Å²) in [6, 6.07) is 22.2. The van der Waals surface area contributed by atoms with E-state index in [0.29, 0.717) is 45.8 Å². The average Bonchev–Trinajstić information content (AvgIpc) is 2.95. The first-order valence-corrected chi connectivity index (χ1v) is 15.9. The minimum Gasteiger partial charge on any atom is -0.487 e. The Morgan fingerprint density at radius 2 is 1.26 bits per heavy atom. The molecule has 0 radical (unpaired) electrons. The lowest BCUT2D eigenvalue weighted by Crippen LogP contribution is -2.01. The Kier molecular flexibility index (Phi) is 13.4. The summed E-state index contributed by atoms with van der Waals surface area (Å²) in [5.41, 5.74) is 10.5. The van der Waals surface area contributed by atoms with E-state index >= 15 is 0 Å². The van der Waals surface area contributed by atoms with Crippen molar-refractivity contribution >= 4 is 87.0 Å². The van der Waals surface area contributed by atoms with E-state index in [4.69, 9.17) is 25.4 Å². The molecule has 0 spiro atoms. The second-order valence-corrected chi connectivity index (χ2v) is 12.5. The van der Waals surface area contributed by atoms with Gasteiger partial charge in [-0.15, -0.1) is 0 Å². The van der Waals surface area contributed by atoms with Gasteiger partial charge in [-0.3, -0.25) is 4.79 Å². The van der Waals surface area contributed by atoms with Crippen molar-refractivity contribution in [3.05, 3.63) is 113 Å². The van der Waals surface area contributed by atoms with Crippen molar-refractivity contribution in [3.8, 4) is 11.5 Å². The van der Waals surface area contributed by atoms with Crippen LogP contribution in [0.2, 0.25) is 0 Å². The topological polar surface area (TPSA) is 131 Å². The minimum atomic E-state index is -0.992. The van der Waals surface area contributed by atoms with E-state index in [2.05, 4.69) is 69.0 Å². The van der Waals surface area contributed by atoms with Gasteiger partial charge < -0.3 is 30.7 Å². The largest absolute Gasteiger partial charge is 0.487 e. The van der Waals surface area contributed by atoms with E-state index in [1.165, 1.54) is 12.1 Å². The summed E-state index contributed by atoms with van der Waals surface area (Å²) in [5, 5.41) is 20.8. The van der Waals surface area contributed by atoms with Gasteiger partial charge in [-0.1, -0.05) is 24.3 Å². The van der Waals surface area contributed by atoms with E-state index in [-0.39, 0.29) is 12.0 Å². The summed E-state index contributed by atoms with van der Waals surface area (Å²) in [7, 11) is 1.88. The van der Waals surface area contributed by atoms with E-state index in [0.717, 1.165) is 31.3 Å². The minimum absolute atomic E-state index is 0.107. The predicted octanol–water partition coefficient (Wildman–Crippen LogP) is 8.92. The average molecular weight is 844 g/mol. The van der Waals surface area contributed by atoms with Gasteiger partial charge in [0.2, 0.25) is 0 Å². The van der Waals surface area contributed by atoms with Crippen molar-refractivity contribution < 1.29 is 29.3 Å². The summed E-state index contributed by atoms with van der Waals surface area (Å²) in [6.07, 6.45) is 0.590. The van der Waals surface area contributed by atoms with Crippen molar-refractivity contribution in [1.29, 1.82) is 0 Å². The number of benzene rings is 4. The number of carboxylic acids is 2. The van der Waals surface area contributed by atoms with Crippen LogP contribution in [-0.2, 0) is 24.4 Å². The van der Waals surface area contributed by atoms with E-state index in [1.54, 1.807) is 6.07 Å². The van der Waals surface area contributed by atoms with Gasteiger partial charge >= 0.3 is 11.9 Å². The fraction of sp³-hybridized carbons (Fsp3) is 0.161. The van der Waals surface area contributed by atoms with E-state index in [1.807, 2.05) is 61.6 Å². The van der Waals surface area contributed by atoms with Crippen molar-refractivity contribution in [2.75, 3.05) is 18.1 Å². The van der Waals surface area contributed by atoms with E-state index < -0.39 is 11.9 Å². The van der Waals surface area contributed by atoms with Crippen molar-refractivity contribution in [3.63, 3.8) is 0 Å². The summed E-state index contributed by atoms with van der Waals surface area (Å²) in [4.78, 5) is 21.6. The quantitative estimate of drug-likeness (QED) is 0.110. The number of hydrogen-bond donors (Lipinski definition) is 4. The second-order valence-electron chi connectivity index (χ2n) is 9.13. The smallest absolute Gasteiger partial charge is 0.335 e. The van der Waals surface area contributed by atoms with Crippen molar-refractivity contribution in [2.24, 2.45) is 0 Å². The van der Waals surface area contributed by atoms with Crippen LogP contribution in [0.5, 0.6) is 11.5 Å². The number of nitrogens with one attached hydrogen (secondary N) is 1. The molecule has 0 fully saturated rings. The van der Waals surface area contributed by atoms with Crippen LogP contribution >= 0.6 is 63.7 Å². The molecule has 0 unspecified atom stereocenters. The van der Waals surface area contributed by atoms with Crippen LogP contribution in [0.3, 0.4) is 0 Å². The van der Waals surface area contributed by atoms with Crippen LogP contribution < -0.4 is 20.5 Å². The van der Waals surface area contributed by atoms with Gasteiger partial charge in [-0.2, -0.15) is 0 Å². The summed E-state index contributed by atoms with van der Waals surface area (Å²) < 4.78 is 14.4. The lowest BCUT2D eigenvalue weighted by molar-refractivity contribution is -0.136. The van der Waals surface area contributed by atoms with Gasteiger partial charge in [-0.25, -0.2) is 4.79 Å². The zero-order valence-corrected chi connectivity index (χ0v) is 29.2. The molecular weight excluding hydrogens is 816 g/mol. The fourth-order valence-corrected chi connectivity index (χ4v) is 6.70. The standard InChI is InChI=1S/C17H17Br2NO3.C14H11Br2NO3/c1-20-13-4-2-3-12(7-13)10-23-17-14(18)8-11(9-15(17)19)5-6-16(21)22;15-11-5-9(14(18)19)6-12(16)13(11)20-7-8-2-1-3-10(17)4-8/h2-4,7-9,20H,5-6,10H2,1H3,(H,21,22);1-6H,7,17H2,(H,18,19). The van der Waals surface area contributed by atoms with Gasteiger partial charge in [0, 0.05) is 24.8 Å². The number of aliphatic carboxylic acids is 1. The summed E-state index contributed by atoms with van der Waals surface area (Å²) >= 11 is 13.6. The molecule has 4 aromatic carbocycles. The molecule has 4 rings (SSSR count). The second kappa shape index (κ2) is 16.7. The number of nitrogen functional groups attached to an aromatic ring is 1. The Hall–Kier alpha value is -3.06. The molecule has 0 bridgehead atoms. The molecule has 0 heterocycles. The molecule has 0 aromatic heterocycles. The highest BCUT2D eigenvalue weighted by molar-refractivity contribution is 9.11. The number of carboxylic acid groups (broad SMARTS) is 2. The highest BCUT2D eigenvalue weighted by atomic mass is 79.9. The molecule has 0 atom stereocenters. The maximum absolute atomic E-state index is 10.9. The zero-order chi connectivity index (χ0) is 31.5. The maximum Gasteiger partial charge on any atom is 0.335 e. The molecule has 226 valence electrons. The van der Waals surface area contributed by atoms with Gasteiger partial charge in [0.15, 0.2) is 0 Å². The van der Waals surface area contributed by atoms with Crippen LogP contribution in [0, 0.1) is 0 Å². The van der Waals surface area contributed by atoms with Gasteiger partial charge in [-0.05, 0) is 135 Å². The first kappa shape index (κ1) is 34.4. The number of aromatic carboxylic acids is 1. The number of hydrogen-bond acceptors (Lipinski definition) is 6. The van der Waals surface area contributed by atoms with Crippen LogP contribution in [0.1, 0.15) is 33.5 Å². The van der Waals surface area contributed by atoms with Crippen LogP contribution in [0.25, 0.3) is 0 Å². The molecule has 4 aromatic rings. The van der Waals surface area contributed by atoms with E-state index in [9.17, 15) is 9.59 Å². The summed E-state index contributed by atoms with van der Waals surface area (Å²) in [5.74, 6) is -0.535. The molecule has 0 aliphatic heterocycles. The molecule has 5 N–H and O–H groups in total. The first-order chi connectivity index (χ1) is 20.5. The normalized spacial score (nSPS) is 10.3. The number of carbonyl (C=O) groups is 2. The Morgan fingerprint density at radius 1 is 0.744 bits per heavy atom. The predicted molar refractivity (Wildman–Crippen MR) is 182 cm³/mol.